The summed E-state index contributed by atoms with van der Waals surface area (Å²) in [5.41, 5.74) is 3.60. The molecule has 0 saturated heterocycles. The SMILES string of the molecule is CC(=O)O[C@@H]1CC[C@]2(C)C(=CC[C@H]3[C@H]4CC=C(C(=O)c5ccccc5)[C@]4(C)CC[C@H]32)C1. The summed E-state index contributed by atoms with van der Waals surface area (Å²) < 4.78 is 5.56. The summed E-state index contributed by atoms with van der Waals surface area (Å²) in [6, 6.07) is 9.78. The van der Waals surface area contributed by atoms with Crippen molar-refractivity contribution >= 4 is 11.8 Å². The molecule has 3 heteroatoms. The minimum atomic E-state index is -0.163. The number of benzene rings is 1. The van der Waals surface area contributed by atoms with Crippen molar-refractivity contribution in [3.63, 3.8) is 0 Å². The number of hydrogen-bond donors (Lipinski definition) is 0. The topological polar surface area (TPSA) is 43.4 Å². The van der Waals surface area contributed by atoms with Gasteiger partial charge in [0.15, 0.2) is 5.78 Å². The molecule has 0 radical (unpaired) electrons. The summed E-state index contributed by atoms with van der Waals surface area (Å²) >= 11 is 0. The zero-order valence-corrected chi connectivity index (χ0v) is 19.0. The lowest BCUT2D eigenvalue weighted by atomic mass is 9.47. The number of esters is 1. The molecule has 0 amide bonds. The average Bonchev–Trinajstić information content (AvgIpc) is 3.11. The van der Waals surface area contributed by atoms with Crippen molar-refractivity contribution in [1.29, 1.82) is 0 Å². The molecule has 164 valence electrons. The van der Waals surface area contributed by atoms with Crippen LogP contribution in [0.3, 0.4) is 0 Å². The van der Waals surface area contributed by atoms with Gasteiger partial charge in [0, 0.05) is 24.5 Å². The fraction of sp³-hybridized carbons (Fsp3) is 0.571. The molecule has 1 aromatic rings. The van der Waals surface area contributed by atoms with Gasteiger partial charge in [-0.15, -0.1) is 0 Å². The Morgan fingerprint density at radius 3 is 2.42 bits per heavy atom. The van der Waals surface area contributed by atoms with Gasteiger partial charge in [0.1, 0.15) is 6.10 Å². The highest BCUT2D eigenvalue weighted by Gasteiger charge is 2.57. The fourth-order valence-electron chi connectivity index (χ4n) is 7.63. The van der Waals surface area contributed by atoms with E-state index in [1.54, 1.807) is 0 Å². The lowest BCUT2D eigenvalue weighted by Crippen LogP contribution is -2.50. The largest absolute Gasteiger partial charge is 0.462 e. The first-order valence-electron chi connectivity index (χ1n) is 12.0. The predicted octanol–water partition coefficient (Wildman–Crippen LogP) is 6.30. The van der Waals surface area contributed by atoms with Gasteiger partial charge in [0.25, 0.3) is 0 Å². The highest BCUT2D eigenvalue weighted by Crippen LogP contribution is 2.65. The first-order chi connectivity index (χ1) is 14.8. The lowest BCUT2D eigenvalue weighted by molar-refractivity contribution is -0.148. The number of hydrogen-bond acceptors (Lipinski definition) is 3. The van der Waals surface area contributed by atoms with Gasteiger partial charge in [-0.05, 0) is 67.1 Å². The molecule has 1 aromatic carbocycles. The van der Waals surface area contributed by atoms with Crippen molar-refractivity contribution < 1.29 is 14.3 Å². The van der Waals surface area contributed by atoms with Crippen LogP contribution in [0.1, 0.15) is 76.1 Å². The Morgan fingerprint density at radius 2 is 1.68 bits per heavy atom. The van der Waals surface area contributed by atoms with Crippen LogP contribution in [0.2, 0.25) is 0 Å². The predicted molar refractivity (Wildman–Crippen MR) is 121 cm³/mol. The smallest absolute Gasteiger partial charge is 0.302 e. The van der Waals surface area contributed by atoms with E-state index in [-0.39, 0.29) is 28.7 Å². The van der Waals surface area contributed by atoms with Gasteiger partial charge in [-0.2, -0.15) is 0 Å². The zero-order chi connectivity index (χ0) is 21.8. The number of allylic oxidation sites excluding steroid dienone is 3. The highest BCUT2D eigenvalue weighted by atomic mass is 16.5. The molecule has 4 aliphatic rings. The molecule has 0 N–H and O–H groups in total. The monoisotopic (exact) mass is 418 g/mol. The van der Waals surface area contributed by atoms with Crippen LogP contribution in [0.15, 0.2) is 53.6 Å². The molecule has 0 spiro atoms. The number of Topliss-reactive ketones (excluding diaryl/α,β-unsaturated/α-hetero) is 1. The van der Waals surface area contributed by atoms with Gasteiger partial charge in [0.05, 0.1) is 0 Å². The Balaban J connectivity index is 1.39. The molecule has 0 aliphatic heterocycles. The number of carbonyl (C=O) groups excluding carboxylic acids is 2. The Hall–Kier alpha value is -2.16. The molecular weight excluding hydrogens is 384 g/mol. The third-order valence-corrected chi connectivity index (χ3v) is 9.25. The second-order valence-electron chi connectivity index (χ2n) is 10.7. The molecule has 0 bridgehead atoms. The normalized spacial score (nSPS) is 38.8. The Labute approximate surface area is 185 Å². The van der Waals surface area contributed by atoms with Crippen LogP contribution in [0, 0.1) is 28.6 Å². The van der Waals surface area contributed by atoms with E-state index in [1.807, 2.05) is 30.3 Å². The average molecular weight is 419 g/mol. The van der Waals surface area contributed by atoms with E-state index in [2.05, 4.69) is 26.0 Å². The molecule has 2 fully saturated rings. The molecule has 31 heavy (non-hydrogen) atoms. The molecule has 2 saturated carbocycles. The second-order valence-corrected chi connectivity index (χ2v) is 10.7. The maximum atomic E-state index is 13.4. The molecule has 5 rings (SSSR count). The van der Waals surface area contributed by atoms with Gasteiger partial charge >= 0.3 is 5.97 Å². The summed E-state index contributed by atoms with van der Waals surface area (Å²) in [6.45, 7) is 6.33. The molecular formula is C28H34O3. The summed E-state index contributed by atoms with van der Waals surface area (Å²) in [7, 11) is 0. The van der Waals surface area contributed by atoms with E-state index in [0.29, 0.717) is 17.8 Å². The highest BCUT2D eigenvalue weighted by molar-refractivity contribution is 6.09. The maximum Gasteiger partial charge on any atom is 0.302 e. The fourth-order valence-corrected chi connectivity index (χ4v) is 7.63. The lowest BCUT2D eigenvalue weighted by Gasteiger charge is -2.57. The van der Waals surface area contributed by atoms with Crippen molar-refractivity contribution in [2.75, 3.05) is 0 Å². The number of carbonyl (C=O) groups is 2. The van der Waals surface area contributed by atoms with Gasteiger partial charge in [0.2, 0.25) is 0 Å². The van der Waals surface area contributed by atoms with Gasteiger partial charge in [-0.1, -0.05) is 61.9 Å². The maximum absolute atomic E-state index is 13.4. The van der Waals surface area contributed by atoms with Gasteiger partial charge < -0.3 is 4.74 Å². The second kappa shape index (κ2) is 7.46. The minimum Gasteiger partial charge on any atom is -0.462 e. The van der Waals surface area contributed by atoms with E-state index in [1.165, 1.54) is 18.9 Å². The molecule has 0 aromatic heterocycles. The summed E-state index contributed by atoms with van der Waals surface area (Å²) in [4.78, 5) is 24.8. The van der Waals surface area contributed by atoms with Crippen LogP contribution >= 0.6 is 0 Å². The van der Waals surface area contributed by atoms with Crippen molar-refractivity contribution in [2.45, 2.75) is 71.8 Å². The molecule has 3 nitrogen and oxygen atoms in total. The van der Waals surface area contributed by atoms with E-state index < -0.39 is 0 Å². The third-order valence-electron chi connectivity index (χ3n) is 9.25. The van der Waals surface area contributed by atoms with Crippen molar-refractivity contribution in [2.24, 2.45) is 28.6 Å². The molecule has 0 unspecified atom stereocenters. The third kappa shape index (κ3) is 3.23. The van der Waals surface area contributed by atoms with Crippen LogP contribution in [0.5, 0.6) is 0 Å². The van der Waals surface area contributed by atoms with Crippen LogP contribution in [-0.4, -0.2) is 17.9 Å². The Bertz CT molecular complexity index is 958. The first-order valence-corrected chi connectivity index (χ1v) is 12.0. The zero-order valence-electron chi connectivity index (χ0n) is 19.0. The summed E-state index contributed by atoms with van der Waals surface area (Å²) in [5, 5.41) is 0. The summed E-state index contributed by atoms with van der Waals surface area (Å²) in [6.07, 6.45) is 12.2. The van der Waals surface area contributed by atoms with E-state index in [9.17, 15) is 9.59 Å². The number of rotatable bonds is 3. The van der Waals surface area contributed by atoms with E-state index >= 15 is 0 Å². The van der Waals surface area contributed by atoms with Crippen LogP contribution in [0.4, 0.5) is 0 Å². The standard InChI is InChI=1S/C28H34O3/c1-18(29)31-21-13-15-27(2)20(17-21)9-10-22-23-11-12-25(28(23,3)16-14-24(22)27)26(30)19-7-5-4-6-8-19/h4-9,12,21-24H,10-11,13-17H2,1-3H3/t21-,22+,23-,24-,27-,28-/m1/s1. The van der Waals surface area contributed by atoms with Crippen molar-refractivity contribution in [1.82, 2.24) is 0 Å². The molecule has 0 heterocycles. The van der Waals surface area contributed by atoms with Crippen molar-refractivity contribution in [3.05, 3.63) is 59.2 Å². The number of ether oxygens (including phenoxy) is 1. The Morgan fingerprint density at radius 1 is 0.935 bits per heavy atom. The van der Waals surface area contributed by atoms with Crippen LogP contribution < -0.4 is 0 Å². The molecule has 4 aliphatic carbocycles. The summed E-state index contributed by atoms with van der Waals surface area (Å²) in [5.74, 6) is 1.92. The quantitative estimate of drug-likeness (QED) is 0.329. The van der Waals surface area contributed by atoms with Crippen LogP contribution in [0.25, 0.3) is 0 Å². The van der Waals surface area contributed by atoms with Crippen LogP contribution in [-0.2, 0) is 9.53 Å². The van der Waals surface area contributed by atoms with Gasteiger partial charge in [-0.25, -0.2) is 0 Å². The number of ketones is 1. The van der Waals surface area contributed by atoms with Gasteiger partial charge in [-0.3, -0.25) is 9.59 Å². The van der Waals surface area contributed by atoms with E-state index in [0.717, 1.165) is 49.7 Å². The van der Waals surface area contributed by atoms with E-state index in [4.69, 9.17) is 4.74 Å². The minimum absolute atomic E-state index is 0.00919. The Kier molecular flexibility index (Phi) is 4.99. The first kappa shape index (κ1) is 20.7. The van der Waals surface area contributed by atoms with Crippen molar-refractivity contribution in [3.8, 4) is 0 Å². The number of fused-ring (bicyclic) bond motifs is 5. The molecule has 6 atom stereocenters.